The number of guanidine groups is 1. The summed E-state index contributed by atoms with van der Waals surface area (Å²) >= 11 is 0. The van der Waals surface area contributed by atoms with Crippen LogP contribution in [0.25, 0.3) is 0 Å². The van der Waals surface area contributed by atoms with Crippen LogP contribution in [-0.2, 0) is 13.1 Å². The van der Waals surface area contributed by atoms with E-state index in [4.69, 9.17) is 18.9 Å². The molecule has 170 valence electrons. The molecule has 0 aliphatic heterocycles. The monoisotopic (exact) mass is 441 g/mol. The smallest absolute Gasteiger partial charge is 0.422 e. The summed E-state index contributed by atoms with van der Waals surface area (Å²) in [6.07, 6.45) is -4.37. The van der Waals surface area contributed by atoms with E-state index in [1.807, 2.05) is 6.07 Å². The minimum atomic E-state index is -4.37. The molecule has 0 spiro atoms. The van der Waals surface area contributed by atoms with E-state index in [-0.39, 0.29) is 5.75 Å². The van der Waals surface area contributed by atoms with E-state index in [9.17, 15) is 13.2 Å². The summed E-state index contributed by atoms with van der Waals surface area (Å²) in [5, 5.41) is 6.32. The standard InChI is InChI=1S/C21H26F3N3O4/c1-25-20(26-11-14-5-8-16(9-6-14)31-13-21(22,23)24)27-12-15-7-10-17(28-2)19(30-4)18(15)29-3/h5-10H,11-13H2,1-4H3,(H2,25,26,27). The molecule has 31 heavy (non-hydrogen) atoms. The number of methoxy groups -OCH3 is 3. The van der Waals surface area contributed by atoms with E-state index >= 15 is 0 Å². The molecule has 0 fully saturated rings. The van der Waals surface area contributed by atoms with Crippen LogP contribution in [0.15, 0.2) is 41.4 Å². The summed E-state index contributed by atoms with van der Waals surface area (Å²) in [7, 11) is 6.28. The largest absolute Gasteiger partial charge is 0.493 e. The normalized spacial score (nSPS) is 11.6. The van der Waals surface area contributed by atoms with Gasteiger partial charge in [0.25, 0.3) is 0 Å². The molecule has 2 aromatic carbocycles. The molecule has 0 saturated carbocycles. The van der Waals surface area contributed by atoms with E-state index in [2.05, 4.69) is 15.6 Å². The van der Waals surface area contributed by atoms with Crippen LogP contribution in [0.5, 0.6) is 23.0 Å². The molecule has 0 unspecified atom stereocenters. The van der Waals surface area contributed by atoms with Gasteiger partial charge in [0.1, 0.15) is 5.75 Å². The van der Waals surface area contributed by atoms with Crippen LogP contribution in [0.1, 0.15) is 11.1 Å². The quantitative estimate of drug-likeness (QED) is 0.458. The molecule has 0 aliphatic rings. The second-order valence-corrected chi connectivity index (χ2v) is 6.32. The lowest BCUT2D eigenvalue weighted by atomic mass is 10.1. The van der Waals surface area contributed by atoms with Crippen LogP contribution >= 0.6 is 0 Å². The van der Waals surface area contributed by atoms with Crippen LogP contribution in [-0.4, -0.2) is 47.1 Å². The van der Waals surface area contributed by atoms with Crippen LogP contribution in [0, 0.1) is 0 Å². The van der Waals surface area contributed by atoms with Crippen molar-refractivity contribution in [1.29, 1.82) is 0 Å². The first-order valence-electron chi connectivity index (χ1n) is 9.32. The van der Waals surface area contributed by atoms with E-state index in [0.29, 0.717) is 36.3 Å². The van der Waals surface area contributed by atoms with Gasteiger partial charge in [-0.2, -0.15) is 13.2 Å². The van der Waals surface area contributed by atoms with Crippen molar-refractivity contribution in [3.8, 4) is 23.0 Å². The number of nitrogens with one attached hydrogen (secondary N) is 2. The van der Waals surface area contributed by atoms with E-state index in [0.717, 1.165) is 11.1 Å². The number of halogens is 3. The van der Waals surface area contributed by atoms with Crippen LogP contribution in [0.2, 0.25) is 0 Å². The zero-order valence-corrected chi connectivity index (χ0v) is 17.8. The Balaban J connectivity index is 1.94. The highest BCUT2D eigenvalue weighted by Crippen LogP contribution is 2.39. The molecule has 0 aromatic heterocycles. The predicted octanol–water partition coefficient (Wildman–Crippen LogP) is 3.52. The molecule has 2 N–H and O–H groups in total. The van der Waals surface area contributed by atoms with E-state index in [1.54, 1.807) is 39.5 Å². The first-order chi connectivity index (χ1) is 14.8. The minimum Gasteiger partial charge on any atom is -0.493 e. The molecule has 0 aliphatic carbocycles. The van der Waals surface area contributed by atoms with Gasteiger partial charge >= 0.3 is 6.18 Å². The number of ether oxygens (including phenoxy) is 4. The lowest BCUT2D eigenvalue weighted by Crippen LogP contribution is -2.36. The molecular weight excluding hydrogens is 415 g/mol. The molecular formula is C21H26F3N3O4. The number of nitrogens with zero attached hydrogens (tertiary/aromatic N) is 1. The lowest BCUT2D eigenvalue weighted by Gasteiger charge is -2.17. The summed E-state index contributed by atoms with van der Waals surface area (Å²) < 4.78 is 57.5. The fourth-order valence-electron chi connectivity index (χ4n) is 2.76. The predicted molar refractivity (Wildman–Crippen MR) is 111 cm³/mol. The van der Waals surface area contributed by atoms with Gasteiger partial charge in [-0.25, -0.2) is 0 Å². The Labute approximate surface area is 179 Å². The van der Waals surface area contributed by atoms with Crippen molar-refractivity contribution in [2.45, 2.75) is 19.3 Å². The third-order valence-electron chi connectivity index (χ3n) is 4.24. The molecule has 0 atom stereocenters. The number of benzene rings is 2. The number of aliphatic imine (C=N–C) groups is 1. The van der Waals surface area contributed by atoms with E-state index in [1.165, 1.54) is 19.2 Å². The summed E-state index contributed by atoms with van der Waals surface area (Å²) in [6.45, 7) is -0.490. The zero-order valence-electron chi connectivity index (χ0n) is 17.8. The maximum absolute atomic E-state index is 12.2. The fourth-order valence-corrected chi connectivity index (χ4v) is 2.76. The number of alkyl halides is 3. The average Bonchev–Trinajstić information content (AvgIpc) is 2.77. The van der Waals surface area contributed by atoms with Gasteiger partial charge in [-0.15, -0.1) is 0 Å². The Bertz CT molecular complexity index is 871. The van der Waals surface area contributed by atoms with Gasteiger partial charge < -0.3 is 29.6 Å². The van der Waals surface area contributed by atoms with Gasteiger partial charge in [0, 0.05) is 25.7 Å². The maximum Gasteiger partial charge on any atom is 0.422 e. The molecule has 10 heteroatoms. The first kappa shape index (κ1) is 24.0. The van der Waals surface area contributed by atoms with Crippen LogP contribution < -0.4 is 29.6 Å². The van der Waals surface area contributed by atoms with Gasteiger partial charge in [-0.1, -0.05) is 12.1 Å². The van der Waals surface area contributed by atoms with Crippen LogP contribution in [0.3, 0.4) is 0 Å². The van der Waals surface area contributed by atoms with Gasteiger partial charge in [-0.05, 0) is 29.8 Å². The first-order valence-corrected chi connectivity index (χ1v) is 9.32. The molecule has 0 saturated heterocycles. The van der Waals surface area contributed by atoms with Gasteiger partial charge in [0.15, 0.2) is 24.1 Å². The molecule has 2 aromatic rings. The molecule has 0 bridgehead atoms. The average molecular weight is 441 g/mol. The van der Waals surface area contributed by atoms with Crippen LogP contribution in [0.4, 0.5) is 13.2 Å². The Kier molecular flexibility index (Phi) is 8.65. The van der Waals surface area contributed by atoms with Crippen molar-refractivity contribution in [1.82, 2.24) is 10.6 Å². The van der Waals surface area contributed by atoms with Crippen molar-refractivity contribution in [3.05, 3.63) is 47.5 Å². The molecule has 7 nitrogen and oxygen atoms in total. The number of rotatable bonds is 9. The summed E-state index contributed by atoms with van der Waals surface area (Å²) in [6, 6.07) is 10.0. The Hall–Kier alpha value is -3.30. The van der Waals surface area contributed by atoms with Crippen molar-refractivity contribution in [2.75, 3.05) is 35.0 Å². The second-order valence-electron chi connectivity index (χ2n) is 6.32. The number of hydrogen-bond donors (Lipinski definition) is 2. The van der Waals surface area contributed by atoms with Crippen molar-refractivity contribution < 1.29 is 32.1 Å². The fraction of sp³-hybridized carbons (Fsp3) is 0.381. The van der Waals surface area contributed by atoms with Gasteiger partial charge in [-0.3, -0.25) is 4.99 Å². The summed E-state index contributed by atoms with van der Waals surface area (Å²) in [5.41, 5.74) is 1.69. The molecule has 0 heterocycles. The summed E-state index contributed by atoms with van der Waals surface area (Å²) in [4.78, 5) is 4.17. The Morgan fingerprint density at radius 3 is 2.06 bits per heavy atom. The molecule has 0 radical (unpaired) electrons. The second kappa shape index (κ2) is 11.2. The SMILES string of the molecule is CN=C(NCc1ccc(OCC(F)(F)F)cc1)NCc1ccc(OC)c(OC)c1OC. The highest BCUT2D eigenvalue weighted by atomic mass is 19.4. The third kappa shape index (κ3) is 7.16. The topological polar surface area (TPSA) is 73.3 Å². The Morgan fingerprint density at radius 1 is 0.871 bits per heavy atom. The lowest BCUT2D eigenvalue weighted by molar-refractivity contribution is -0.153. The highest BCUT2D eigenvalue weighted by molar-refractivity contribution is 5.79. The highest BCUT2D eigenvalue weighted by Gasteiger charge is 2.28. The number of hydrogen-bond acceptors (Lipinski definition) is 5. The van der Waals surface area contributed by atoms with Crippen molar-refractivity contribution in [3.63, 3.8) is 0 Å². The van der Waals surface area contributed by atoms with Crippen molar-refractivity contribution in [2.24, 2.45) is 4.99 Å². The van der Waals surface area contributed by atoms with Gasteiger partial charge in [0.05, 0.1) is 21.3 Å². The van der Waals surface area contributed by atoms with Gasteiger partial charge in [0.2, 0.25) is 5.75 Å². The summed E-state index contributed by atoms with van der Waals surface area (Å²) in [5.74, 6) is 2.31. The van der Waals surface area contributed by atoms with Crippen molar-refractivity contribution >= 4 is 5.96 Å². The Morgan fingerprint density at radius 2 is 1.52 bits per heavy atom. The zero-order chi connectivity index (χ0) is 22.9. The minimum absolute atomic E-state index is 0.157. The third-order valence-corrected chi connectivity index (χ3v) is 4.24. The maximum atomic E-state index is 12.2. The van der Waals surface area contributed by atoms with E-state index < -0.39 is 12.8 Å². The molecule has 2 rings (SSSR count). The molecule has 0 amide bonds.